The van der Waals surface area contributed by atoms with E-state index in [1.54, 1.807) is 0 Å². The van der Waals surface area contributed by atoms with Gasteiger partial charge in [0.2, 0.25) is 0 Å². The van der Waals surface area contributed by atoms with Crippen molar-refractivity contribution < 1.29 is 42.1 Å². The number of hydrogen-bond donors (Lipinski definition) is 1. The van der Waals surface area contributed by atoms with Crippen LogP contribution in [0.2, 0.25) is 0 Å². The third kappa shape index (κ3) is 83.3. The first kappa shape index (κ1) is 96.3. The van der Waals surface area contributed by atoms with Gasteiger partial charge in [-0.3, -0.25) is 18.6 Å². The molecule has 2 atom stereocenters. The Labute approximate surface area is 627 Å². The molecule has 0 spiro atoms. The first-order valence-corrected chi connectivity index (χ1v) is 42.0. The molecule has 0 heterocycles. The highest BCUT2D eigenvalue weighted by Crippen LogP contribution is 2.43. The van der Waals surface area contributed by atoms with Crippen LogP contribution in [0, 0.1) is 0 Å². The highest BCUT2D eigenvalue weighted by Gasteiger charge is 2.27. The number of likely N-dealkylation sites (N-methyl/N-ethyl adjacent to an activating group) is 1. The summed E-state index contributed by atoms with van der Waals surface area (Å²) in [5.74, 6) is -0.827. The maximum atomic E-state index is 12.9. The average Bonchev–Trinajstić information content (AvgIpc) is 0.914. The number of nitrogens with zero attached hydrogens (tertiary/aromatic N) is 1. The molecule has 0 saturated heterocycles. The summed E-state index contributed by atoms with van der Waals surface area (Å²) in [6, 6.07) is 0. The molecule has 2 unspecified atom stereocenters. The number of ether oxygens (including phenoxy) is 2. The molecule has 0 rings (SSSR count). The molecule has 0 aliphatic carbocycles. The van der Waals surface area contributed by atoms with Crippen molar-refractivity contribution in [3.8, 4) is 0 Å². The lowest BCUT2D eigenvalue weighted by atomic mass is 10.0. The van der Waals surface area contributed by atoms with Gasteiger partial charge >= 0.3 is 19.8 Å². The van der Waals surface area contributed by atoms with Gasteiger partial charge in [0.25, 0.3) is 0 Å². The zero-order valence-electron chi connectivity index (χ0n) is 65.5. The van der Waals surface area contributed by atoms with Crippen molar-refractivity contribution in [2.24, 2.45) is 0 Å². The molecule has 0 aromatic heterocycles. The van der Waals surface area contributed by atoms with Crippen LogP contribution in [0.5, 0.6) is 0 Å². The van der Waals surface area contributed by atoms with Crippen LogP contribution in [-0.4, -0.2) is 74.9 Å². The summed E-state index contributed by atoms with van der Waals surface area (Å²) in [6.07, 6.45) is 126. The average molecular weight is 1430 g/mol. The second-order valence-electron chi connectivity index (χ2n) is 27.3. The maximum absolute atomic E-state index is 12.9. The van der Waals surface area contributed by atoms with Crippen molar-refractivity contribution in [1.29, 1.82) is 0 Å². The first-order chi connectivity index (χ1) is 50.0. The summed E-state index contributed by atoms with van der Waals surface area (Å²) in [6.45, 7) is 4.17. The highest BCUT2D eigenvalue weighted by atomic mass is 31.2. The van der Waals surface area contributed by atoms with Gasteiger partial charge in [0.1, 0.15) is 19.8 Å². The van der Waals surface area contributed by atoms with Gasteiger partial charge in [-0.25, -0.2) is 4.57 Å². The van der Waals surface area contributed by atoms with Crippen molar-refractivity contribution in [3.63, 3.8) is 0 Å². The number of phosphoric acid groups is 1. The number of carbonyl (C=O) groups excluding carboxylic acids is 2. The number of carbonyl (C=O) groups is 2. The van der Waals surface area contributed by atoms with Gasteiger partial charge in [-0.1, -0.05) is 348 Å². The lowest BCUT2D eigenvalue weighted by molar-refractivity contribution is -0.870. The summed E-state index contributed by atoms with van der Waals surface area (Å²) in [7, 11) is 1.44. The molecule has 0 aliphatic rings. The van der Waals surface area contributed by atoms with E-state index in [2.05, 4.69) is 233 Å². The van der Waals surface area contributed by atoms with Crippen LogP contribution in [0.1, 0.15) is 296 Å². The number of phosphoric ester groups is 1. The van der Waals surface area contributed by atoms with Crippen molar-refractivity contribution in [3.05, 3.63) is 219 Å². The molecule has 102 heavy (non-hydrogen) atoms. The molecular formula is C92H149NO8P+. The summed E-state index contributed by atoms with van der Waals surface area (Å²) in [5.41, 5.74) is 0. The lowest BCUT2D eigenvalue weighted by Crippen LogP contribution is -2.37. The Morgan fingerprint density at radius 3 is 0.784 bits per heavy atom. The second kappa shape index (κ2) is 79.4. The Kier molecular flexibility index (Phi) is 75.0. The van der Waals surface area contributed by atoms with Crippen LogP contribution < -0.4 is 0 Å². The molecule has 1 N–H and O–H groups in total. The van der Waals surface area contributed by atoms with E-state index in [0.717, 1.165) is 167 Å². The van der Waals surface area contributed by atoms with Crippen molar-refractivity contribution in [2.45, 2.75) is 302 Å². The van der Waals surface area contributed by atoms with E-state index in [4.69, 9.17) is 18.5 Å². The third-order valence-electron chi connectivity index (χ3n) is 16.5. The fourth-order valence-electron chi connectivity index (χ4n) is 10.4. The van der Waals surface area contributed by atoms with E-state index < -0.39 is 26.5 Å². The molecule has 0 amide bonds. The Balaban J connectivity index is 4.09. The fourth-order valence-corrected chi connectivity index (χ4v) is 11.2. The first-order valence-electron chi connectivity index (χ1n) is 40.5. The molecule has 9 nitrogen and oxygen atoms in total. The topological polar surface area (TPSA) is 108 Å². The number of unbranched alkanes of at least 4 members (excludes halogenated alkanes) is 22. The zero-order valence-corrected chi connectivity index (χ0v) is 66.4. The summed E-state index contributed by atoms with van der Waals surface area (Å²) >= 11 is 0. The molecule has 0 aliphatic heterocycles. The largest absolute Gasteiger partial charge is 0.472 e. The van der Waals surface area contributed by atoms with Crippen LogP contribution in [0.3, 0.4) is 0 Å². The molecule has 0 aromatic carbocycles. The van der Waals surface area contributed by atoms with Crippen molar-refractivity contribution in [2.75, 3.05) is 47.5 Å². The van der Waals surface area contributed by atoms with Crippen molar-refractivity contribution >= 4 is 19.8 Å². The van der Waals surface area contributed by atoms with Gasteiger partial charge < -0.3 is 18.9 Å². The predicted molar refractivity (Wildman–Crippen MR) is 444 cm³/mol. The number of allylic oxidation sites excluding steroid dienone is 36. The van der Waals surface area contributed by atoms with E-state index in [9.17, 15) is 19.0 Å². The number of quaternary nitrogens is 1. The van der Waals surface area contributed by atoms with E-state index in [-0.39, 0.29) is 32.0 Å². The molecular weight excluding hydrogens is 1280 g/mol. The number of esters is 2. The summed E-state index contributed by atoms with van der Waals surface area (Å²) in [5, 5.41) is 0. The standard InChI is InChI=1S/C92H148NO8P/c1-6-8-10-12-14-16-18-20-22-24-26-28-30-32-34-36-38-40-42-44-46-48-50-52-54-56-58-60-62-64-66-68-70-72-74-76-78-80-82-84-91(94)98-88-90(89-100-102(96,97)99-87-86-93(3,4)5)101-92(95)85-83-81-79-77-75-73-71-69-67-65-63-61-59-57-55-53-51-49-47-45-43-41-39-37-35-33-31-29-27-25-23-21-19-17-15-13-11-9-7-2/h8-11,14-17,20-23,26-29,32-35,38-41,44-47,51,53,57,59,63,65,69,71,90H,6-7,12-13,18-19,24-25,30-31,36-37,42-43,48-50,52,54-56,58,60-62,64,66-68,70,72-89H2,1-5H3/p+1/b10-8-,11-9-,16-14-,17-15-,22-20-,23-21-,28-26-,29-27-,34-32-,35-33-,40-38-,41-39-,46-44-,47-45-,53-51-,59-57-,65-63-,71-69-. The van der Waals surface area contributed by atoms with Gasteiger partial charge in [-0.15, -0.1) is 0 Å². The maximum Gasteiger partial charge on any atom is 0.472 e. The van der Waals surface area contributed by atoms with Gasteiger partial charge in [-0.05, 0) is 154 Å². The Morgan fingerprint density at radius 2 is 0.529 bits per heavy atom. The normalized spacial score (nSPS) is 14.2. The molecule has 0 fully saturated rings. The SMILES string of the molecule is CC/C=C\C/C=C\C/C=C\C/C=C\C/C=C\C/C=C\C/C=C\C/C=C\C/C=C\C/C=C\C/C=C\CCCCCCCC(=O)OC(COC(=O)CCCCCCCCCCCCCCCCCCC/C=C\C/C=C\C/C=C\C/C=C\C/C=C\C/C=C\C/C=C\CC)COP(=O)(O)OCC[N+](C)(C)C. The monoisotopic (exact) mass is 1430 g/mol. The fraction of sp³-hybridized carbons (Fsp3) is 0.587. The zero-order chi connectivity index (χ0) is 74.0. The molecule has 0 aromatic rings. The molecule has 0 radical (unpaired) electrons. The molecule has 574 valence electrons. The van der Waals surface area contributed by atoms with Crippen LogP contribution in [-0.2, 0) is 32.7 Å². The number of hydrogen-bond acceptors (Lipinski definition) is 7. The third-order valence-corrected chi connectivity index (χ3v) is 17.5. The molecule has 0 bridgehead atoms. The quantitative estimate of drug-likeness (QED) is 0.0211. The van der Waals surface area contributed by atoms with E-state index >= 15 is 0 Å². The summed E-state index contributed by atoms with van der Waals surface area (Å²) < 4.78 is 34.8. The van der Waals surface area contributed by atoms with Gasteiger partial charge in [0.05, 0.1) is 27.7 Å². The van der Waals surface area contributed by atoms with Crippen LogP contribution in [0.15, 0.2) is 219 Å². The lowest BCUT2D eigenvalue weighted by Gasteiger charge is -2.24. The smallest absolute Gasteiger partial charge is 0.462 e. The summed E-state index contributed by atoms with van der Waals surface area (Å²) in [4.78, 5) is 36.0. The van der Waals surface area contributed by atoms with Gasteiger partial charge in [-0.2, -0.15) is 0 Å². The minimum absolute atomic E-state index is 0.0177. The van der Waals surface area contributed by atoms with E-state index in [0.29, 0.717) is 17.4 Å². The predicted octanol–water partition coefficient (Wildman–Crippen LogP) is 27.5. The van der Waals surface area contributed by atoms with Crippen molar-refractivity contribution in [1.82, 2.24) is 0 Å². The highest BCUT2D eigenvalue weighted by molar-refractivity contribution is 7.47. The van der Waals surface area contributed by atoms with Crippen LogP contribution in [0.4, 0.5) is 0 Å². The Morgan fingerprint density at radius 1 is 0.304 bits per heavy atom. The van der Waals surface area contributed by atoms with Crippen LogP contribution >= 0.6 is 7.82 Å². The molecule has 10 heteroatoms. The second-order valence-corrected chi connectivity index (χ2v) is 28.8. The Hall–Kier alpha value is -5.67. The molecule has 0 saturated carbocycles. The van der Waals surface area contributed by atoms with Crippen LogP contribution in [0.25, 0.3) is 0 Å². The van der Waals surface area contributed by atoms with Gasteiger partial charge in [0, 0.05) is 12.8 Å². The van der Waals surface area contributed by atoms with E-state index in [1.165, 1.54) is 96.3 Å². The van der Waals surface area contributed by atoms with Gasteiger partial charge in [0.15, 0.2) is 6.10 Å². The number of rotatable bonds is 72. The minimum atomic E-state index is -4.42. The Bertz CT molecular complexity index is 2530. The van der Waals surface area contributed by atoms with E-state index in [1.807, 2.05) is 21.1 Å². The minimum Gasteiger partial charge on any atom is -0.462 e.